The van der Waals surface area contributed by atoms with Gasteiger partial charge in [0.25, 0.3) is 0 Å². The normalized spacial score (nSPS) is 24.0. The van der Waals surface area contributed by atoms with Crippen LogP contribution in [0.4, 0.5) is 0 Å². The van der Waals surface area contributed by atoms with Crippen LogP contribution in [0.1, 0.15) is 32.0 Å². The second-order valence-corrected chi connectivity index (χ2v) is 5.17. The Kier molecular flexibility index (Phi) is 4.37. The largest absolute Gasteiger partial charge is 0.378 e. The average molecular weight is 253 g/mol. The number of ether oxygens (including phenoxy) is 2. The van der Waals surface area contributed by atoms with E-state index < -0.39 is 0 Å². The molecule has 1 atom stereocenters. The van der Waals surface area contributed by atoms with Gasteiger partial charge in [-0.15, -0.1) is 0 Å². The number of hydrogen-bond donors (Lipinski definition) is 1. The predicted octanol–water partition coefficient (Wildman–Crippen LogP) is 1.36. The molecule has 0 saturated carbocycles. The fourth-order valence-corrected chi connectivity index (χ4v) is 2.14. The molecule has 0 radical (unpaired) electrons. The summed E-state index contributed by atoms with van der Waals surface area (Å²) in [6.45, 7) is 7.29. The molecule has 1 unspecified atom stereocenters. The first-order valence-electron chi connectivity index (χ1n) is 6.53. The number of aromatic nitrogens is 2. The van der Waals surface area contributed by atoms with Crippen LogP contribution in [0.25, 0.3) is 0 Å². The van der Waals surface area contributed by atoms with E-state index in [-0.39, 0.29) is 5.60 Å². The van der Waals surface area contributed by atoms with E-state index in [4.69, 9.17) is 9.47 Å². The lowest BCUT2D eigenvalue weighted by atomic mass is 10.0. The highest BCUT2D eigenvalue weighted by molar-refractivity contribution is 4.99. The van der Waals surface area contributed by atoms with Gasteiger partial charge in [0.2, 0.25) is 0 Å². The summed E-state index contributed by atoms with van der Waals surface area (Å²) in [5.41, 5.74) is 0.912. The van der Waals surface area contributed by atoms with Gasteiger partial charge >= 0.3 is 0 Å². The van der Waals surface area contributed by atoms with Crippen LogP contribution in [-0.2, 0) is 16.0 Å². The second kappa shape index (κ2) is 5.82. The van der Waals surface area contributed by atoms with Crippen molar-refractivity contribution in [2.24, 2.45) is 0 Å². The van der Waals surface area contributed by atoms with Crippen molar-refractivity contribution in [2.75, 3.05) is 26.9 Å². The molecule has 0 aromatic carbocycles. The molecule has 2 rings (SSSR count). The van der Waals surface area contributed by atoms with Crippen molar-refractivity contribution in [2.45, 2.75) is 38.5 Å². The van der Waals surface area contributed by atoms with Crippen LogP contribution >= 0.6 is 0 Å². The highest BCUT2D eigenvalue weighted by Crippen LogP contribution is 2.21. The Morgan fingerprint density at radius 2 is 2.44 bits per heavy atom. The maximum atomic E-state index is 5.57. The lowest BCUT2D eigenvalue weighted by Crippen LogP contribution is -2.42. The lowest BCUT2D eigenvalue weighted by Gasteiger charge is -2.25. The van der Waals surface area contributed by atoms with E-state index in [1.165, 1.54) is 0 Å². The molecule has 1 saturated heterocycles. The molecule has 5 nitrogen and oxygen atoms in total. The van der Waals surface area contributed by atoms with E-state index in [0.29, 0.717) is 12.6 Å². The lowest BCUT2D eigenvalue weighted by molar-refractivity contribution is -0.0159. The molecule has 0 bridgehead atoms. The fraction of sp³-hybridized carbons (Fsp3) is 0.769. The van der Waals surface area contributed by atoms with Crippen molar-refractivity contribution in [3.63, 3.8) is 0 Å². The fourth-order valence-electron chi connectivity index (χ4n) is 2.14. The Hall–Kier alpha value is -0.910. The first-order chi connectivity index (χ1) is 8.65. The van der Waals surface area contributed by atoms with Gasteiger partial charge in [0.15, 0.2) is 0 Å². The van der Waals surface area contributed by atoms with Gasteiger partial charge in [0, 0.05) is 45.5 Å². The van der Waals surface area contributed by atoms with Gasteiger partial charge in [0.05, 0.1) is 12.3 Å². The molecule has 1 aliphatic heterocycles. The Morgan fingerprint density at radius 1 is 1.61 bits per heavy atom. The van der Waals surface area contributed by atoms with Gasteiger partial charge in [-0.25, -0.2) is 0 Å². The quantitative estimate of drug-likeness (QED) is 0.831. The molecule has 102 valence electrons. The minimum atomic E-state index is -0.152. The maximum absolute atomic E-state index is 5.57. The molecule has 18 heavy (non-hydrogen) atoms. The first kappa shape index (κ1) is 13.5. The summed E-state index contributed by atoms with van der Waals surface area (Å²) < 4.78 is 12.9. The van der Waals surface area contributed by atoms with E-state index in [2.05, 4.69) is 30.3 Å². The number of methoxy groups -OCH3 is 1. The van der Waals surface area contributed by atoms with Crippen molar-refractivity contribution in [3.8, 4) is 0 Å². The minimum Gasteiger partial charge on any atom is -0.378 e. The summed E-state index contributed by atoms with van der Waals surface area (Å²) in [6.07, 6.45) is 2.98. The van der Waals surface area contributed by atoms with Gasteiger partial charge in [-0.2, -0.15) is 5.10 Å². The highest BCUT2D eigenvalue weighted by Gasteiger charge is 2.34. The maximum Gasteiger partial charge on any atom is 0.106 e. The Balaban J connectivity index is 1.80. The SMILES string of the molecule is COC1(CNCc2ccn(C(C)C)n2)CCOC1. The summed E-state index contributed by atoms with van der Waals surface area (Å²) in [6, 6.07) is 2.46. The summed E-state index contributed by atoms with van der Waals surface area (Å²) in [5.74, 6) is 0. The first-order valence-corrected chi connectivity index (χ1v) is 6.53. The monoisotopic (exact) mass is 253 g/mol. The highest BCUT2D eigenvalue weighted by atomic mass is 16.5. The van der Waals surface area contributed by atoms with Crippen molar-refractivity contribution in [1.82, 2.24) is 15.1 Å². The third-order valence-electron chi connectivity index (χ3n) is 3.45. The molecule has 1 fully saturated rings. The van der Waals surface area contributed by atoms with Gasteiger partial charge in [-0.3, -0.25) is 4.68 Å². The van der Waals surface area contributed by atoms with Crippen molar-refractivity contribution in [3.05, 3.63) is 18.0 Å². The predicted molar refractivity (Wildman–Crippen MR) is 69.5 cm³/mol. The molecule has 0 amide bonds. The molecule has 0 spiro atoms. The molecule has 1 aromatic heterocycles. The Morgan fingerprint density at radius 3 is 3.00 bits per heavy atom. The molecule has 1 aliphatic rings. The summed E-state index contributed by atoms with van der Waals surface area (Å²) in [4.78, 5) is 0. The van der Waals surface area contributed by atoms with Crippen molar-refractivity contribution >= 4 is 0 Å². The van der Waals surface area contributed by atoms with Crippen LogP contribution in [0.2, 0.25) is 0 Å². The number of nitrogens with zero attached hydrogens (tertiary/aromatic N) is 2. The Bertz CT molecular complexity index is 370. The van der Waals surface area contributed by atoms with Crippen LogP contribution in [-0.4, -0.2) is 42.2 Å². The topological polar surface area (TPSA) is 48.3 Å². The van der Waals surface area contributed by atoms with E-state index in [1.807, 2.05) is 10.9 Å². The zero-order chi connectivity index (χ0) is 13.0. The summed E-state index contributed by atoms with van der Waals surface area (Å²) in [5, 5.41) is 7.91. The van der Waals surface area contributed by atoms with Gasteiger partial charge in [-0.1, -0.05) is 0 Å². The average Bonchev–Trinajstić information content (AvgIpc) is 2.98. The second-order valence-electron chi connectivity index (χ2n) is 5.17. The van der Waals surface area contributed by atoms with Crippen molar-refractivity contribution < 1.29 is 9.47 Å². The van der Waals surface area contributed by atoms with E-state index in [1.54, 1.807) is 7.11 Å². The molecule has 1 aromatic rings. The molecule has 5 heteroatoms. The van der Waals surface area contributed by atoms with Gasteiger partial charge in [0.1, 0.15) is 5.60 Å². The molecular formula is C13H23N3O2. The smallest absolute Gasteiger partial charge is 0.106 e. The standard InChI is InChI=1S/C13H23N3O2/c1-11(2)16-6-4-12(15-16)8-14-9-13(17-3)5-7-18-10-13/h4,6,11,14H,5,7-10H2,1-3H3. The number of hydrogen-bond acceptors (Lipinski definition) is 4. The van der Waals surface area contributed by atoms with Gasteiger partial charge < -0.3 is 14.8 Å². The van der Waals surface area contributed by atoms with Crippen LogP contribution in [0, 0.1) is 0 Å². The number of rotatable bonds is 6. The zero-order valence-corrected chi connectivity index (χ0v) is 11.5. The van der Waals surface area contributed by atoms with Crippen LogP contribution < -0.4 is 5.32 Å². The van der Waals surface area contributed by atoms with E-state index in [9.17, 15) is 0 Å². The van der Waals surface area contributed by atoms with Crippen LogP contribution in [0.3, 0.4) is 0 Å². The third kappa shape index (κ3) is 3.10. The minimum absolute atomic E-state index is 0.152. The molecule has 0 aliphatic carbocycles. The van der Waals surface area contributed by atoms with Crippen LogP contribution in [0.15, 0.2) is 12.3 Å². The summed E-state index contributed by atoms with van der Waals surface area (Å²) in [7, 11) is 1.75. The molecule has 2 heterocycles. The Labute approximate surface area is 108 Å². The molecular weight excluding hydrogens is 230 g/mol. The zero-order valence-electron chi connectivity index (χ0n) is 11.5. The van der Waals surface area contributed by atoms with Crippen LogP contribution in [0.5, 0.6) is 0 Å². The van der Waals surface area contributed by atoms with E-state index >= 15 is 0 Å². The number of nitrogens with one attached hydrogen (secondary N) is 1. The van der Waals surface area contributed by atoms with Crippen molar-refractivity contribution in [1.29, 1.82) is 0 Å². The van der Waals surface area contributed by atoms with E-state index in [0.717, 1.165) is 31.8 Å². The van der Waals surface area contributed by atoms with Gasteiger partial charge in [-0.05, 0) is 19.9 Å². The molecule has 1 N–H and O–H groups in total. The third-order valence-corrected chi connectivity index (χ3v) is 3.45. The summed E-state index contributed by atoms with van der Waals surface area (Å²) >= 11 is 0.